The molecule has 1 aliphatic heterocycles. The first-order chi connectivity index (χ1) is 9.24. The monoisotopic (exact) mass is 268 g/mol. The van der Waals surface area contributed by atoms with Crippen molar-refractivity contribution in [2.24, 2.45) is 0 Å². The number of rotatable bonds is 6. The lowest BCUT2D eigenvalue weighted by molar-refractivity contribution is 0.00848. The van der Waals surface area contributed by atoms with Crippen molar-refractivity contribution in [2.45, 2.75) is 6.10 Å². The van der Waals surface area contributed by atoms with E-state index >= 15 is 0 Å². The normalized spacial score (nSPS) is 19.6. The van der Waals surface area contributed by atoms with Crippen LogP contribution < -0.4 is 10.1 Å². The molecule has 1 aliphatic rings. The third kappa shape index (κ3) is 5.14. The van der Waals surface area contributed by atoms with Gasteiger partial charge < -0.3 is 19.7 Å². The SMILES string of the molecule is CN(CCOc1ccc(F)cc1)CC1CNCCO1. The van der Waals surface area contributed by atoms with Gasteiger partial charge in [-0.25, -0.2) is 4.39 Å². The Balaban J connectivity index is 1.63. The molecule has 2 rings (SSSR count). The maximum absolute atomic E-state index is 12.7. The fraction of sp³-hybridized carbons (Fsp3) is 0.571. The van der Waals surface area contributed by atoms with Crippen LogP contribution in [0.25, 0.3) is 0 Å². The highest BCUT2D eigenvalue weighted by molar-refractivity contribution is 5.21. The Bertz CT molecular complexity index is 366. The van der Waals surface area contributed by atoms with Crippen LogP contribution in [-0.4, -0.2) is 57.4 Å². The second-order valence-corrected chi connectivity index (χ2v) is 4.76. The zero-order chi connectivity index (χ0) is 13.5. The van der Waals surface area contributed by atoms with Gasteiger partial charge in [0.25, 0.3) is 0 Å². The maximum Gasteiger partial charge on any atom is 0.123 e. The fourth-order valence-corrected chi connectivity index (χ4v) is 2.03. The predicted molar refractivity (Wildman–Crippen MR) is 72.0 cm³/mol. The zero-order valence-corrected chi connectivity index (χ0v) is 11.3. The van der Waals surface area contributed by atoms with Gasteiger partial charge in [0.2, 0.25) is 0 Å². The summed E-state index contributed by atoms with van der Waals surface area (Å²) in [4.78, 5) is 2.18. The van der Waals surface area contributed by atoms with Gasteiger partial charge in [-0.1, -0.05) is 0 Å². The summed E-state index contributed by atoms with van der Waals surface area (Å²) in [5.41, 5.74) is 0. The van der Waals surface area contributed by atoms with Crippen molar-refractivity contribution in [2.75, 3.05) is 46.4 Å². The van der Waals surface area contributed by atoms with E-state index in [0.29, 0.717) is 12.4 Å². The molecule has 0 saturated carbocycles. The number of ether oxygens (including phenoxy) is 2. The first kappa shape index (κ1) is 14.2. The summed E-state index contributed by atoms with van der Waals surface area (Å²) in [6, 6.07) is 6.09. The molecule has 0 spiro atoms. The van der Waals surface area contributed by atoms with Gasteiger partial charge in [-0.3, -0.25) is 0 Å². The third-order valence-corrected chi connectivity index (χ3v) is 3.08. The van der Waals surface area contributed by atoms with Gasteiger partial charge in [-0.05, 0) is 31.3 Å². The number of nitrogens with zero attached hydrogens (tertiary/aromatic N) is 1. The van der Waals surface area contributed by atoms with E-state index in [-0.39, 0.29) is 11.9 Å². The first-order valence-corrected chi connectivity index (χ1v) is 6.63. The van der Waals surface area contributed by atoms with Crippen LogP contribution in [0.1, 0.15) is 0 Å². The van der Waals surface area contributed by atoms with Crippen LogP contribution in [0.15, 0.2) is 24.3 Å². The molecule has 1 aromatic rings. The van der Waals surface area contributed by atoms with Crippen LogP contribution >= 0.6 is 0 Å². The molecule has 106 valence electrons. The molecule has 0 aliphatic carbocycles. The van der Waals surface area contributed by atoms with Gasteiger partial charge in [0.05, 0.1) is 12.7 Å². The quantitative estimate of drug-likeness (QED) is 0.838. The minimum atomic E-state index is -0.244. The predicted octanol–water partition coefficient (Wildman–Crippen LogP) is 1.12. The summed E-state index contributed by atoms with van der Waals surface area (Å²) in [5.74, 6) is 0.455. The number of benzene rings is 1. The molecule has 1 aromatic carbocycles. The molecule has 4 nitrogen and oxygen atoms in total. The molecule has 1 unspecified atom stereocenters. The Hall–Kier alpha value is -1.17. The first-order valence-electron chi connectivity index (χ1n) is 6.63. The average Bonchev–Trinajstić information content (AvgIpc) is 2.42. The molecule has 0 aromatic heterocycles. The standard InChI is InChI=1S/C14H21FN2O2/c1-17(11-14-10-16-6-8-18-14)7-9-19-13-4-2-12(15)3-5-13/h2-5,14,16H,6-11H2,1H3. The van der Waals surface area contributed by atoms with E-state index in [1.54, 1.807) is 12.1 Å². The van der Waals surface area contributed by atoms with Gasteiger partial charge in [0.1, 0.15) is 18.2 Å². The Morgan fingerprint density at radius 2 is 2.21 bits per heavy atom. The number of likely N-dealkylation sites (N-methyl/N-ethyl adjacent to an activating group) is 1. The molecule has 0 amide bonds. The largest absolute Gasteiger partial charge is 0.492 e. The maximum atomic E-state index is 12.7. The highest BCUT2D eigenvalue weighted by Crippen LogP contribution is 2.10. The van der Waals surface area contributed by atoms with Gasteiger partial charge in [0.15, 0.2) is 0 Å². The Morgan fingerprint density at radius 1 is 1.42 bits per heavy atom. The number of morpholine rings is 1. The molecule has 19 heavy (non-hydrogen) atoms. The van der Waals surface area contributed by atoms with Crippen molar-refractivity contribution in [3.8, 4) is 5.75 Å². The Labute approximate surface area is 113 Å². The Morgan fingerprint density at radius 3 is 2.89 bits per heavy atom. The Kier molecular flexibility index (Phi) is 5.57. The van der Waals surface area contributed by atoms with Crippen molar-refractivity contribution in [1.29, 1.82) is 0 Å². The molecule has 1 fully saturated rings. The molecule has 1 heterocycles. The second-order valence-electron chi connectivity index (χ2n) is 4.76. The molecule has 1 N–H and O–H groups in total. The van der Waals surface area contributed by atoms with Crippen LogP contribution in [0.3, 0.4) is 0 Å². The van der Waals surface area contributed by atoms with E-state index < -0.39 is 0 Å². The van der Waals surface area contributed by atoms with Crippen LogP contribution in [0, 0.1) is 5.82 Å². The number of halogens is 1. The minimum Gasteiger partial charge on any atom is -0.492 e. The zero-order valence-electron chi connectivity index (χ0n) is 11.3. The lowest BCUT2D eigenvalue weighted by atomic mass is 10.3. The number of nitrogens with one attached hydrogen (secondary N) is 1. The summed E-state index contributed by atoms with van der Waals surface area (Å²) in [6.07, 6.45) is 0.254. The van der Waals surface area contributed by atoms with Gasteiger partial charge >= 0.3 is 0 Å². The van der Waals surface area contributed by atoms with Gasteiger partial charge in [0, 0.05) is 26.2 Å². The van der Waals surface area contributed by atoms with Crippen molar-refractivity contribution in [3.63, 3.8) is 0 Å². The third-order valence-electron chi connectivity index (χ3n) is 3.08. The highest BCUT2D eigenvalue weighted by atomic mass is 19.1. The van der Waals surface area contributed by atoms with E-state index in [1.807, 2.05) is 7.05 Å². The van der Waals surface area contributed by atoms with Crippen LogP contribution in [-0.2, 0) is 4.74 Å². The smallest absolute Gasteiger partial charge is 0.123 e. The van der Waals surface area contributed by atoms with E-state index in [9.17, 15) is 4.39 Å². The molecule has 1 atom stereocenters. The number of hydrogen-bond donors (Lipinski definition) is 1. The molecule has 0 bridgehead atoms. The molecule has 1 saturated heterocycles. The van der Waals surface area contributed by atoms with Crippen molar-refractivity contribution < 1.29 is 13.9 Å². The topological polar surface area (TPSA) is 33.7 Å². The van der Waals surface area contributed by atoms with Crippen molar-refractivity contribution in [3.05, 3.63) is 30.1 Å². The van der Waals surface area contributed by atoms with Crippen molar-refractivity contribution in [1.82, 2.24) is 10.2 Å². The second kappa shape index (κ2) is 7.43. The molecular formula is C14H21FN2O2. The minimum absolute atomic E-state index is 0.244. The van der Waals surface area contributed by atoms with Crippen LogP contribution in [0.2, 0.25) is 0 Å². The molecular weight excluding hydrogens is 247 g/mol. The number of hydrogen-bond acceptors (Lipinski definition) is 4. The average molecular weight is 268 g/mol. The van der Waals surface area contributed by atoms with E-state index in [1.165, 1.54) is 12.1 Å². The highest BCUT2D eigenvalue weighted by Gasteiger charge is 2.15. The fourth-order valence-electron chi connectivity index (χ4n) is 2.03. The summed E-state index contributed by atoms with van der Waals surface area (Å²) in [7, 11) is 2.05. The summed E-state index contributed by atoms with van der Waals surface area (Å²) in [5, 5.41) is 3.31. The van der Waals surface area contributed by atoms with E-state index in [2.05, 4.69) is 10.2 Å². The summed E-state index contributed by atoms with van der Waals surface area (Å²) >= 11 is 0. The van der Waals surface area contributed by atoms with E-state index in [0.717, 1.165) is 32.8 Å². The summed E-state index contributed by atoms with van der Waals surface area (Å²) in [6.45, 7) is 4.92. The summed E-state index contributed by atoms with van der Waals surface area (Å²) < 4.78 is 23.9. The van der Waals surface area contributed by atoms with Crippen LogP contribution in [0.4, 0.5) is 4.39 Å². The lowest BCUT2D eigenvalue weighted by Crippen LogP contribution is -2.45. The van der Waals surface area contributed by atoms with Gasteiger partial charge in [-0.2, -0.15) is 0 Å². The van der Waals surface area contributed by atoms with Gasteiger partial charge in [-0.15, -0.1) is 0 Å². The van der Waals surface area contributed by atoms with E-state index in [4.69, 9.17) is 9.47 Å². The van der Waals surface area contributed by atoms with Crippen LogP contribution in [0.5, 0.6) is 5.75 Å². The molecule has 0 radical (unpaired) electrons. The van der Waals surface area contributed by atoms with Crippen molar-refractivity contribution >= 4 is 0 Å². The molecule has 5 heteroatoms. The lowest BCUT2D eigenvalue weighted by Gasteiger charge is -2.27.